The molecule has 0 fully saturated rings. The van der Waals surface area contributed by atoms with Crippen LogP contribution in [-0.2, 0) is 0 Å². The van der Waals surface area contributed by atoms with E-state index in [9.17, 15) is 14.9 Å². The minimum absolute atomic E-state index is 0.0445. The molecule has 108 valence electrons. The van der Waals surface area contributed by atoms with Gasteiger partial charge in [0.05, 0.1) is 4.92 Å². The van der Waals surface area contributed by atoms with Crippen LogP contribution in [0.4, 0.5) is 5.69 Å². The van der Waals surface area contributed by atoms with Gasteiger partial charge in [0.25, 0.3) is 0 Å². The summed E-state index contributed by atoms with van der Waals surface area (Å²) in [6, 6.07) is 11.5. The minimum atomic E-state index is -0.459. The van der Waals surface area contributed by atoms with Crippen LogP contribution in [0.3, 0.4) is 0 Å². The van der Waals surface area contributed by atoms with Crippen molar-refractivity contribution in [2.24, 2.45) is 0 Å². The molecule has 0 radical (unpaired) electrons. The van der Waals surface area contributed by atoms with E-state index >= 15 is 0 Å². The summed E-state index contributed by atoms with van der Waals surface area (Å²) in [7, 11) is 0. The Hall–Kier alpha value is -2.69. The zero-order valence-corrected chi connectivity index (χ0v) is 11.8. The molecule has 21 heavy (non-hydrogen) atoms. The third-order valence-electron chi connectivity index (χ3n) is 3.11. The zero-order chi connectivity index (χ0) is 15.4. The maximum Gasteiger partial charge on any atom is 0.314 e. The molecule has 0 atom stereocenters. The van der Waals surface area contributed by atoms with Crippen LogP contribution in [0.5, 0.6) is 11.5 Å². The Bertz CT molecular complexity index is 677. The molecule has 0 aromatic heterocycles. The average Bonchev–Trinajstić information content (AvgIpc) is 2.47. The molecule has 0 saturated carbocycles. The monoisotopic (exact) mass is 285 g/mol. The van der Waals surface area contributed by atoms with Gasteiger partial charge in [0.1, 0.15) is 5.75 Å². The van der Waals surface area contributed by atoms with E-state index in [1.807, 2.05) is 0 Å². The molecule has 2 aromatic carbocycles. The van der Waals surface area contributed by atoms with Gasteiger partial charge in [0, 0.05) is 17.5 Å². The summed E-state index contributed by atoms with van der Waals surface area (Å²) in [6.07, 6.45) is 0.434. The van der Waals surface area contributed by atoms with Crippen molar-refractivity contribution < 1.29 is 14.5 Å². The Morgan fingerprint density at radius 2 is 1.86 bits per heavy atom. The third kappa shape index (κ3) is 3.25. The van der Waals surface area contributed by atoms with Gasteiger partial charge in [0.2, 0.25) is 5.75 Å². The van der Waals surface area contributed by atoms with E-state index in [4.69, 9.17) is 4.74 Å². The molecule has 5 heteroatoms. The van der Waals surface area contributed by atoms with E-state index in [-0.39, 0.29) is 17.2 Å². The second-order valence-corrected chi connectivity index (χ2v) is 4.58. The summed E-state index contributed by atoms with van der Waals surface area (Å²) in [5, 5.41) is 11.1. The van der Waals surface area contributed by atoms with Crippen molar-refractivity contribution in [2.45, 2.75) is 20.3 Å². The molecular formula is C16H15NO4. The van der Waals surface area contributed by atoms with Crippen LogP contribution in [0.2, 0.25) is 0 Å². The molecule has 0 aliphatic heterocycles. The van der Waals surface area contributed by atoms with Crippen LogP contribution in [0.25, 0.3) is 0 Å². The van der Waals surface area contributed by atoms with E-state index in [1.54, 1.807) is 56.3 Å². The Labute approximate surface area is 122 Å². The van der Waals surface area contributed by atoms with Crippen molar-refractivity contribution in [3.8, 4) is 11.5 Å². The maximum atomic E-state index is 11.5. The van der Waals surface area contributed by atoms with Crippen molar-refractivity contribution >= 4 is 11.5 Å². The molecule has 2 aromatic rings. The highest BCUT2D eigenvalue weighted by molar-refractivity contribution is 5.95. The van der Waals surface area contributed by atoms with E-state index in [0.29, 0.717) is 23.3 Å². The fourth-order valence-electron chi connectivity index (χ4n) is 1.99. The number of nitrogens with zero attached hydrogens (tertiary/aromatic N) is 1. The number of nitro benzene ring substituents is 1. The standard InChI is InChI=1S/C16H15NO4/c1-3-14(18)12-7-9-13(10-8-12)21-15-6-4-5-11(2)16(15)17(19)20/h4-10H,3H2,1-2H3. The molecule has 2 rings (SSSR count). The number of para-hydroxylation sites is 1. The van der Waals surface area contributed by atoms with Gasteiger partial charge in [-0.15, -0.1) is 0 Å². The van der Waals surface area contributed by atoms with Crippen molar-refractivity contribution in [1.82, 2.24) is 0 Å². The first-order valence-corrected chi connectivity index (χ1v) is 6.58. The van der Waals surface area contributed by atoms with Crippen LogP contribution >= 0.6 is 0 Å². The van der Waals surface area contributed by atoms with Gasteiger partial charge in [-0.25, -0.2) is 0 Å². The molecule has 0 amide bonds. The lowest BCUT2D eigenvalue weighted by atomic mass is 10.1. The van der Waals surface area contributed by atoms with Crippen LogP contribution < -0.4 is 4.74 Å². The molecular weight excluding hydrogens is 270 g/mol. The second kappa shape index (κ2) is 6.17. The largest absolute Gasteiger partial charge is 0.450 e. The van der Waals surface area contributed by atoms with Gasteiger partial charge >= 0.3 is 5.69 Å². The summed E-state index contributed by atoms with van der Waals surface area (Å²) in [4.78, 5) is 22.2. The number of hydrogen-bond donors (Lipinski definition) is 0. The number of ether oxygens (including phenoxy) is 1. The number of aryl methyl sites for hydroxylation is 1. The lowest BCUT2D eigenvalue weighted by Gasteiger charge is -2.08. The van der Waals surface area contributed by atoms with Crippen LogP contribution in [-0.4, -0.2) is 10.7 Å². The molecule has 0 bridgehead atoms. The predicted molar refractivity (Wildman–Crippen MR) is 79.0 cm³/mol. The first-order valence-electron chi connectivity index (χ1n) is 6.58. The number of benzene rings is 2. The van der Waals surface area contributed by atoms with Gasteiger partial charge in [0.15, 0.2) is 5.78 Å². The van der Waals surface area contributed by atoms with Gasteiger partial charge in [-0.2, -0.15) is 0 Å². The van der Waals surface area contributed by atoms with Gasteiger partial charge < -0.3 is 4.74 Å². The van der Waals surface area contributed by atoms with Crippen molar-refractivity contribution in [3.05, 3.63) is 63.7 Å². The maximum absolute atomic E-state index is 11.5. The lowest BCUT2D eigenvalue weighted by Crippen LogP contribution is -1.97. The first-order chi connectivity index (χ1) is 10.0. The van der Waals surface area contributed by atoms with E-state index in [2.05, 4.69) is 0 Å². The van der Waals surface area contributed by atoms with Crippen molar-refractivity contribution in [1.29, 1.82) is 0 Å². The number of ketones is 1. The smallest absolute Gasteiger partial charge is 0.314 e. The molecule has 0 spiro atoms. The van der Waals surface area contributed by atoms with Crippen LogP contribution in [0.1, 0.15) is 29.3 Å². The molecule has 0 aliphatic carbocycles. The fraction of sp³-hybridized carbons (Fsp3) is 0.188. The van der Waals surface area contributed by atoms with Crippen molar-refractivity contribution in [3.63, 3.8) is 0 Å². The SMILES string of the molecule is CCC(=O)c1ccc(Oc2cccc(C)c2[N+](=O)[O-])cc1. The molecule has 5 nitrogen and oxygen atoms in total. The number of Topliss-reactive ketones (excluding diaryl/α,β-unsaturated/α-hetero) is 1. The molecule has 0 N–H and O–H groups in total. The highest BCUT2D eigenvalue weighted by Crippen LogP contribution is 2.33. The molecule has 0 saturated heterocycles. The van der Waals surface area contributed by atoms with Crippen LogP contribution in [0, 0.1) is 17.0 Å². The minimum Gasteiger partial charge on any atom is -0.450 e. The highest BCUT2D eigenvalue weighted by atomic mass is 16.6. The first kappa shape index (κ1) is 14.7. The summed E-state index contributed by atoms with van der Waals surface area (Å²) in [5.74, 6) is 0.689. The topological polar surface area (TPSA) is 69.4 Å². The Morgan fingerprint density at radius 1 is 1.19 bits per heavy atom. The third-order valence-corrected chi connectivity index (χ3v) is 3.11. The van der Waals surface area contributed by atoms with E-state index < -0.39 is 4.92 Å². The summed E-state index contributed by atoms with van der Waals surface area (Å²) >= 11 is 0. The molecule has 0 unspecified atom stereocenters. The number of hydrogen-bond acceptors (Lipinski definition) is 4. The van der Waals surface area contributed by atoms with Gasteiger partial charge in [-0.1, -0.05) is 19.1 Å². The average molecular weight is 285 g/mol. The lowest BCUT2D eigenvalue weighted by molar-refractivity contribution is -0.386. The van der Waals surface area contributed by atoms with Crippen LogP contribution in [0.15, 0.2) is 42.5 Å². The normalized spacial score (nSPS) is 10.2. The summed E-state index contributed by atoms with van der Waals surface area (Å²) in [6.45, 7) is 3.46. The number of carbonyl (C=O) groups is 1. The predicted octanol–water partition coefficient (Wildman–Crippen LogP) is 4.29. The number of carbonyl (C=O) groups excluding carboxylic acids is 1. The fourth-order valence-corrected chi connectivity index (χ4v) is 1.99. The van der Waals surface area contributed by atoms with Crippen molar-refractivity contribution in [2.75, 3.05) is 0 Å². The Balaban J connectivity index is 2.29. The number of nitro groups is 1. The summed E-state index contributed by atoms with van der Waals surface area (Å²) < 4.78 is 5.57. The molecule has 0 heterocycles. The highest BCUT2D eigenvalue weighted by Gasteiger charge is 2.18. The summed E-state index contributed by atoms with van der Waals surface area (Å²) in [5.41, 5.74) is 1.09. The van der Waals surface area contributed by atoms with Gasteiger partial charge in [-0.3, -0.25) is 14.9 Å². The second-order valence-electron chi connectivity index (χ2n) is 4.58. The molecule has 0 aliphatic rings. The quantitative estimate of drug-likeness (QED) is 0.467. The van der Waals surface area contributed by atoms with E-state index in [1.165, 1.54) is 0 Å². The van der Waals surface area contributed by atoms with E-state index in [0.717, 1.165) is 0 Å². The van der Waals surface area contributed by atoms with Gasteiger partial charge in [-0.05, 0) is 37.3 Å². The number of rotatable bonds is 5. The zero-order valence-electron chi connectivity index (χ0n) is 11.8. The Kier molecular flexibility index (Phi) is 4.33. The Morgan fingerprint density at radius 3 is 2.43 bits per heavy atom.